The monoisotopic (exact) mass is 234 g/mol. The molecule has 0 spiro atoms. The molecule has 0 unspecified atom stereocenters. The first kappa shape index (κ1) is 10.7. The summed E-state index contributed by atoms with van der Waals surface area (Å²) in [6, 6.07) is 10.3. The van der Waals surface area contributed by atoms with E-state index in [1.807, 2.05) is 18.2 Å². The number of aromatic carboxylic acids is 1. The van der Waals surface area contributed by atoms with Crippen molar-refractivity contribution < 1.29 is 15.0 Å². The van der Waals surface area contributed by atoms with Gasteiger partial charge in [0.15, 0.2) is 0 Å². The van der Waals surface area contributed by atoms with Gasteiger partial charge in [-0.1, -0.05) is 12.1 Å². The number of carbonyl (C=O) groups is 1. The van der Waals surface area contributed by atoms with Crippen LogP contribution in [0.2, 0.25) is 0 Å². The highest BCUT2D eigenvalue weighted by molar-refractivity contribution is 7.13. The summed E-state index contributed by atoms with van der Waals surface area (Å²) in [6.45, 7) is 0. The molecule has 0 atom stereocenters. The number of phenols is 1. The van der Waals surface area contributed by atoms with E-state index in [-0.39, 0.29) is 5.75 Å². The molecule has 4 heteroatoms. The second-order valence-electron chi connectivity index (χ2n) is 3.41. The van der Waals surface area contributed by atoms with Crippen molar-refractivity contribution in [1.29, 1.82) is 0 Å². The molecule has 0 aliphatic heterocycles. The Balaban J connectivity index is 2.14. The maximum absolute atomic E-state index is 10.7. The molecule has 2 rings (SSSR count). The van der Waals surface area contributed by atoms with E-state index in [2.05, 4.69) is 0 Å². The molecule has 1 heterocycles. The summed E-state index contributed by atoms with van der Waals surface area (Å²) >= 11 is 1.28. The molecule has 0 saturated heterocycles. The smallest absolute Gasteiger partial charge is 0.345 e. The van der Waals surface area contributed by atoms with E-state index in [1.54, 1.807) is 18.2 Å². The Hall–Kier alpha value is -1.81. The third-order valence-electron chi connectivity index (χ3n) is 2.19. The maximum Gasteiger partial charge on any atom is 0.345 e. The maximum atomic E-state index is 10.7. The van der Waals surface area contributed by atoms with Gasteiger partial charge in [-0.3, -0.25) is 0 Å². The number of aromatic hydroxyl groups is 1. The third-order valence-corrected chi connectivity index (χ3v) is 3.26. The van der Waals surface area contributed by atoms with Crippen LogP contribution in [0.3, 0.4) is 0 Å². The Labute approximate surface area is 96.6 Å². The first-order chi connectivity index (χ1) is 7.65. The largest absolute Gasteiger partial charge is 0.508 e. The van der Waals surface area contributed by atoms with Crippen LogP contribution in [0.15, 0.2) is 36.4 Å². The lowest BCUT2D eigenvalue weighted by Gasteiger charge is -1.98. The topological polar surface area (TPSA) is 57.5 Å². The van der Waals surface area contributed by atoms with E-state index in [0.717, 1.165) is 10.4 Å². The van der Waals surface area contributed by atoms with Gasteiger partial charge < -0.3 is 10.2 Å². The van der Waals surface area contributed by atoms with Gasteiger partial charge in [-0.05, 0) is 29.8 Å². The highest BCUT2D eigenvalue weighted by Gasteiger charge is 2.07. The van der Waals surface area contributed by atoms with Gasteiger partial charge in [0.25, 0.3) is 0 Å². The van der Waals surface area contributed by atoms with Gasteiger partial charge in [-0.25, -0.2) is 4.79 Å². The van der Waals surface area contributed by atoms with Crippen molar-refractivity contribution in [2.45, 2.75) is 6.42 Å². The predicted octanol–water partition coefficient (Wildman–Crippen LogP) is 2.74. The van der Waals surface area contributed by atoms with Crippen molar-refractivity contribution in [3.8, 4) is 5.75 Å². The highest BCUT2D eigenvalue weighted by Crippen LogP contribution is 2.20. The van der Waals surface area contributed by atoms with Crippen molar-refractivity contribution >= 4 is 17.3 Å². The summed E-state index contributed by atoms with van der Waals surface area (Å²) in [5.41, 5.74) is 1.05. The molecule has 2 N–H and O–H groups in total. The van der Waals surface area contributed by atoms with Crippen LogP contribution in [0.1, 0.15) is 20.1 Å². The number of benzene rings is 1. The average Bonchev–Trinajstić information content (AvgIpc) is 2.70. The summed E-state index contributed by atoms with van der Waals surface area (Å²) in [5, 5.41) is 17.9. The second kappa shape index (κ2) is 4.37. The Morgan fingerprint density at radius 1 is 1.12 bits per heavy atom. The Morgan fingerprint density at radius 3 is 2.38 bits per heavy atom. The van der Waals surface area contributed by atoms with Crippen LogP contribution in [0, 0.1) is 0 Å². The zero-order chi connectivity index (χ0) is 11.5. The summed E-state index contributed by atoms with van der Waals surface area (Å²) in [4.78, 5) is 12.0. The Bertz CT molecular complexity index is 499. The molecular formula is C12H10O3S. The van der Waals surface area contributed by atoms with Gasteiger partial charge >= 0.3 is 5.97 Å². The van der Waals surface area contributed by atoms with E-state index < -0.39 is 5.97 Å². The minimum Gasteiger partial charge on any atom is -0.508 e. The van der Waals surface area contributed by atoms with Crippen molar-refractivity contribution in [3.05, 3.63) is 51.7 Å². The molecule has 0 aliphatic carbocycles. The number of hydrogen-bond donors (Lipinski definition) is 2. The van der Waals surface area contributed by atoms with Gasteiger partial charge in [0.05, 0.1) is 0 Å². The van der Waals surface area contributed by atoms with Gasteiger partial charge in [0.2, 0.25) is 0 Å². The standard InChI is InChI=1S/C12H10O3S/c13-9-3-1-8(2-4-9)7-10-5-6-11(16-10)12(14)15/h1-6,13H,7H2,(H,14,15). The van der Waals surface area contributed by atoms with E-state index >= 15 is 0 Å². The van der Waals surface area contributed by atoms with Crippen LogP contribution in [-0.4, -0.2) is 16.2 Å². The minimum atomic E-state index is -0.887. The van der Waals surface area contributed by atoms with Crippen LogP contribution < -0.4 is 0 Å². The number of carboxylic acids is 1. The zero-order valence-electron chi connectivity index (χ0n) is 8.38. The van der Waals surface area contributed by atoms with E-state index in [9.17, 15) is 4.79 Å². The van der Waals surface area contributed by atoms with Crippen LogP contribution in [0.4, 0.5) is 0 Å². The molecule has 0 bridgehead atoms. The molecular weight excluding hydrogens is 224 g/mol. The third kappa shape index (κ3) is 2.41. The number of hydrogen-bond acceptors (Lipinski definition) is 3. The van der Waals surface area contributed by atoms with Crippen molar-refractivity contribution in [3.63, 3.8) is 0 Å². The lowest BCUT2D eigenvalue weighted by molar-refractivity contribution is 0.0702. The highest BCUT2D eigenvalue weighted by atomic mass is 32.1. The Kier molecular flexibility index (Phi) is 2.92. The van der Waals surface area contributed by atoms with E-state index in [4.69, 9.17) is 10.2 Å². The molecule has 0 radical (unpaired) electrons. The number of carboxylic acid groups (broad SMARTS) is 1. The van der Waals surface area contributed by atoms with Crippen LogP contribution in [0.25, 0.3) is 0 Å². The molecule has 16 heavy (non-hydrogen) atoms. The molecule has 3 nitrogen and oxygen atoms in total. The fraction of sp³-hybridized carbons (Fsp3) is 0.0833. The second-order valence-corrected chi connectivity index (χ2v) is 4.58. The van der Waals surface area contributed by atoms with Crippen molar-refractivity contribution in [2.24, 2.45) is 0 Å². The SMILES string of the molecule is O=C(O)c1ccc(Cc2ccc(O)cc2)s1. The summed E-state index contributed by atoms with van der Waals surface area (Å²) < 4.78 is 0. The van der Waals surface area contributed by atoms with Gasteiger partial charge in [-0.2, -0.15) is 0 Å². The molecule has 1 aromatic carbocycles. The molecule has 0 amide bonds. The van der Waals surface area contributed by atoms with Crippen molar-refractivity contribution in [2.75, 3.05) is 0 Å². The van der Waals surface area contributed by atoms with Gasteiger partial charge in [-0.15, -0.1) is 11.3 Å². The molecule has 1 aromatic heterocycles. The normalized spacial score (nSPS) is 10.2. The lowest BCUT2D eigenvalue weighted by atomic mass is 10.1. The summed E-state index contributed by atoms with van der Waals surface area (Å²) in [5.74, 6) is -0.650. The molecule has 0 fully saturated rings. The lowest BCUT2D eigenvalue weighted by Crippen LogP contribution is -1.89. The number of thiophene rings is 1. The van der Waals surface area contributed by atoms with Crippen LogP contribution in [-0.2, 0) is 6.42 Å². The van der Waals surface area contributed by atoms with Crippen molar-refractivity contribution in [1.82, 2.24) is 0 Å². The van der Waals surface area contributed by atoms with Gasteiger partial charge in [0, 0.05) is 11.3 Å². The molecule has 2 aromatic rings. The fourth-order valence-electron chi connectivity index (χ4n) is 1.40. The zero-order valence-corrected chi connectivity index (χ0v) is 9.20. The fourth-order valence-corrected chi connectivity index (χ4v) is 2.28. The minimum absolute atomic E-state index is 0.237. The number of rotatable bonds is 3. The molecule has 0 saturated carbocycles. The first-order valence-electron chi connectivity index (χ1n) is 4.75. The predicted molar refractivity (Wildman–Crippen MR) is 62.2 cm³/mol. The molecule has 0 aliphatic rings. The first-order valence-corrected chi connectivity index (χ1v) is 5.57. The van der Waals surface area contributed by atoms with Gasteiger partial charge in [0.1, 0.15) is 10.6 Å². The van der Waals surface area contributed by atoms with E-state index in [0.29, 0.717) is 11.3 Å². The Morgan fingerprint density at radius 2 is 1.81 bits per heavy atom. The van der Waals surface area contributed by atoms with Crippen LogP contribution >= 0.6 is 11.3 Å². The molecule has 82 valence electrons. The summed E-state index contributed by atoms with van der Waals surface area (Å²) in [6.07, 6.45) is 0.693. The average molecular weight is 234 g/mol. The van der Waals surface area contributed by atoms with E-state index in [1.165, 1.54) is 11.3 Å². The summed E-state index contributed by atoms with van der Waals surface area (Å²) in [7, 11) is 0. The van der Waals surface area contributed by atoms with Crippen LogP contribution in [0.5, 0.6) is 5.75 Å². The number of phenolic OH excluding ortho intramolecular Hbond substituents is 1. The quantitative estimate of drug-likeness (QED) is 0.858.